The van der Waals surface area contributed by atoms with Gasteiger partial charge in [0.15, 0.2) is 5.79 Å². The quantitative estimate of drug-likeness (QED) is 0.128. The summed E-state index contributed by atoms with van der Waals surface area (Å²) in [4.78, 5) is 12.0. The molecular formula is C39H53F5O7. The van der Waals surface area contributed by atoms with Crippen LogP contribution in [0.3, 0.4) is 0 Å². The molecule has 0 radical (unpaired) electrons. The van der Waals surface area contributed by atoms with E-state index in [2.05, 4.69) is 0 Å². The smallest absolute Gasteiger partial charge is 0.456 e. The second kappa shape index (κ2) is 12.7. The van der Waals surface area contributed by atoms with Gasteiger partial charge >= 0.3 is 18.1 Å². The fraction of sp³-hybridized carbons (Fsp3) is 0.769. The zero-order valence-corrected chi connectivity index (χ0v) is 30.6. The van der Waals surface area contributed by atoms with Crippen molar-refractivity contribution in [1.29, 1.82) is 0 Å². The third-order valence-corrected chi connectivity index (χ3v) is 12.5. The Morgan fingerprint density at radius 1 is 0.941 bits per heavy atom. The molecule has 6 rings (SSSR count). The van der Waals surface area contributed by atoms with Crippen LogP contribution in [0.5, 0.6) is 0 Å². The van der Waals surface area contributed by atoms with Gasteiger partial charge in [-0.1, -0.05) is 50.6 Å². The van der Waals surface area contributed by atoms with Gasteiger partial charge in [-0.05, 0) is 94.3 Å². The third-order valence-electron chi connectivity index (χ3n) is 12.5. The summed E-state index contributed by atoms with van der Waals surface area (Å²) in [6.07, 6.45) is -4.38. The van der Waals surface area contributed by atoms with Gasteiger partial charge in [0.05, 0.1) is 25.4 Å². The largest absolute Gasteiger partial charge is 0.458 e. The first-order chi connectivity index (χ1) is 23.5. The second-order valence-corrected chi connectivity index (χ2v) is 17.8. The maximum Gasteiger partial charge on any atom is 0.456 e. The lowest BCUT2D eigenvalue weighted by molar-refractivity contribution is -0.362. The van der Waals surface area contributed by atoms with E-state index in [4.69, 9.17) is 18.9 Å². The summed E-state index contributed by atoms with van der Waals surface area (Å²) >= 11 is 0. The predicted molar refractivity (Wildman–Crippen MR) is 178 cm³/mol. The molecule has 3 saturated carbocycles. The first-order valence-corrected chi connectivity index (χ1v) is 18.2. The van der Waals surface area contributed by atoms with Crippen molar-refractivity contribution in [1.82, 2.24) is 0 Å². The Balaban J connectivity index is 1.32. The van der Waals surface area contributed by atoms with Gasteiger partial charge in [0, 0.05) is 29.6 Å². The van der Waals surface area contributed by atoms with E-state index in [0.717, 1.165) is 22.3 Å². The molecule has 3 unspecified atom stereocenters. The normalized spacial score (nSPS) is 34.9. The Labute approximate surface area is 297 Å². The number of allylic oxidation sites excluding steroid dienone is 1. The van der Waals surface area contributed by atoms with Crippen LogP contribution in [0.1, 0.15) is 110 Å². The van der Waals surface area contributed by atoms with Gasteiger partial charge in [0.25, 0.3) is 0 Å². The van der Waals surface area contributed by atoms with Crippen LogP contribution >= 0.6 is 0 Å². The maximum atomic E-state index is 15.4. The summed E-state index contributed by atoms with van der Waals surface area (Å²) < 4.78 is 96.1. The summed E-state index contributed by atoms with van der Waals surface area (Å²) in [5.41, 5.74) is -3.80. The zero-order chi connectivity index (χ0) is 37.5. The molecule has 0 amide bonds. The zero-order valence-electron chi connectivity index (χ0n) is 30.6. The van der Waals surface area contributed by atoms with Crippen LogP contribution in [0.2, 0.25) is 0 Å². The van der Waals surface area contributed by atoms with Crippen LogP contribution in [0.15, 0.2) is 35.4 Å². The fourth-order valence-corrected chi connectivity index (χ4v) is 9.94. The van der Waals surface area contributed by atoms with Gasteiger partial charge in [-0.3, -0.25) is 0 Å². The summed E-state index contributed by atoms with van der Waals surface area (Å²) in [6, 6.07) is 7.43. The average molecular weight is 729 g/mol. The minimum Gasteiger partial charge on any atom is -0.458 e. The number of hydrogen-bond donors (Lipinski definition) is 2. The Kier molecular flexibility index (Phi) is 9.64. The Morgan fingerprint density at radius 3 is 2.20 bits per heavy atom. The van der Waals surface area contributed by atoms with E-state index in [9.17, 15) is 28.2 Å². The van der Waals surface area contributed by atoms with Crippen LogP contribution in [0, 0.1) is 22.7 Å². The Bertz CT molecular complexity index is 1500. The van der Waals surface area contributed by atoms with Gasteiger partial charge in [-0.2, -0.15) is 22.0 Å². The fourth-order valence-electron chi connectivity index (χ4n) is 9.94. The van der Waals surface area contributed by atoms with Gasteiger partial charge in [0.1, 0.15) is 17.8 Å². The minimum absolute atomic E-state index is 0.0265. The molecule has 1 heterocycles. The van der Waals surface area contributed by atoms with E-state index in [-0.39, 0.29) is 43.8 Å². The van der Waals surface area contributed by atoms with Gasteiger partial charge in [-0.25, -0.2) is 4.79 Å². The maximum absolute atomic E-state index is 15.4. The van der Waals surface area contributed by atoms with Crippen molar-refractivity contribution in [3.63, 3.8) is 0 Å². The molecule has 1 aromatic rings. The number of benzene rings is 1. The standard InChI is InChI=1S/C39H53F5O7/c1-32(2,3)51-30(45)20-48-18-14-24-7-9-25(10-8-24)27-19-34(6)28(13-17-37(34,47)38(40,41)39(42,43)44)26-11-15-35(46)21-36(16-12-29(35)31(26)27)49-22-33(4,5)23-50-36/h7-10,26-28,46-47H,11-23H2,1-6H3/t26?,27-,28?,34+,35?,37+/m1/s1. The highest BCUT2D eigenvalue weighted by molar-refractivity contribution is 5.71. The first-order valence-electron chi connectivity index (χ1n) is 18.2. The number of fused-ring (bicyclic) bond motifs is 4. The Morgan fingerprint density at radius 2 is 1.59 bits per heavy atom. The number of carbonyl (C=O) groups excluding carboxylic acids is 1. The number of aliphatic hydroxyl groups is 2. The number of hydrogen-bond acceptors (Lipinski definition) is 7. The SMILES string of the molecule is CC1(C)COC2(CCC3=C4C(CCC3(O)C2)C2CC[C@@](O)(C(F)(F)C(F)(F)F)[C@@]2(C)C[C@@H]4c2ccc(CCOCC(=O)OC(C)(C)C)cc2)OC1. The van der Waals surface area contributed by atoms with Crippen molar-refractivity contribution >= 4 is 5.97 Å². The third kappa shape index (κ3) is 6.78. The van der Waals surface area contributed by atoms with Crippen LogP contribution in [-0.4, -0.2) is 77.3 Å². The molecule has 7 nitrogen and oxygen atoms in total. The summed E-state index contributed by atoms with van der Waals surface area (Å²) in [5.74, 6) is -8.35. The van der Waals surface area contributed by atoms with Crippen molar-refractivity contribution in [3.8, 4) is 0 Å². The number of halogens is 5. The predicted octanol–water partition coefficient (Wildman–Crippen LogP) is 7.81. The molecule has 286 valence electrons. The van der Waals surface area contributed by atoms with Crippen molar-refractivity contribution in [2.45, 2.75) is 140 Å². The molecule has 1 spiro atoms. The van der Waals surface area contributed by atoms with Crippen molar-refractivity contribution in [2.75, 3.05) is 26.4 Å². The topological polar surface area (TPSA) is 94.5 Å². The van der Waals surface area contributed by atoms with E-state index >= 15 is 8.78 Å². The number of ether oxygens (including phenoxy) is 4. The van der Waals surface area contributed by atoms with Crippen molar-refractivity contribution < 1.29 is 55.9 Å². The molecular weight excluding hydrogens is 675 g/mol. The molecule has 1 aromatic carbocycles. The van der Waals surface area contributed by atoms with Crippen LogP contribution in [-0.2, 0) is 30.2 Å². The molecule has 4 fully saturated rings. The molecule has 0 bridgehead atoms. The average Bonchev–Trinajstić information content (AvgIpc) is 3.30. The van der Waals surface area contributed by atoms with Crippen LogP contribution < -0.4 is 0 Å². The monoisotopic (exact) mass is 728 g/mol. The van der Waals surface area contributed by atoms with Crippen LogP contribution in [0.25, 0.3) is 0 Å². The molecule has 5 aliphatic rings. The molecule has 0 aromatic heterocycles. The molecule has 6 atom stereocenters. The second-order valence-electron chi connectivity index (χ2n) is 17.8. The summed E-state index contributed by atoms with van der Waals surface area (Å²) in [6.45, 7) is 11.8. The lowest BCUT2D eigenvalue weighted by Crippen LogP contribution is -2.65. The van der Waals surface area contributed by atoms with Crippen LogP contribution in [0.4, 0.5) is 22.0 Å². The molecule has 4 aliphatic carbocycles. The lowest BCUT2D eigenvalue weighted by Gasteiger charge is -2.59. The van der Waals surface area contributed by atoms with Gasteiger partial charge in [0.2, 0.25) is 0 Å². The molecule has 12 heteroatoms. The number of esters is 1. The van der Waals surface area contributed by atoms with Crippen molar-refractivity contribution in [3.05, 3.63) is 46.5 Å². The summed E-state index contributed by atoms with van der Waals surface area (Å²) in [5, 5.41) is 24.0. The lowest BCUT2D eigenvalue weighted by atomic mass is 9.49. The minimum atomic E-state index is -5.92. The molecule has 1 aliphatic heterocycles. The van der Waals surface area contributed by atoms with E-state index in [1.54, 1.807) is 20.8 Å². The van der Waals surface area contributed by atoms with E-state index < -0.39 is 64.3 Å². The summed E-state index contributed by atoms with van der Waals surface area (Å²) in [7, 11) is 0. The highest BCUT2D eigenvalue weighted by Gasteiger charge is 2.79. The highest BCUT2D eigenvalue weighted by Crippen LogP contribution is 2.71. The number of carbonyl (C=O) groups is 1. The van der Waals surface area contributed by atoms with E-state index in [1.165, 1.54) is 6.92 Å². The van der Waals surface area contributed by atoms with E-state index in [1.807, 2.05) is 38.1 Å². The highest BCUT2D eigenvalue weighted by atomic mass is 19.4. The number of alkyl halides is 5. The van der Waals surface area contributed by atoms with E-state index in [0.29, 0.717) is 45.3 Å². The van der Waals surface area contributed by atoms with Gasteiger partial charge in [-0.15, -0.1) is 0 Å². The molecule has 1 saturated heterocycles. The molecule has 51 heavy (non-hydrogen) atoms. The van der Waals surface area contributed by atoms with Gasteiger partial charge < -0.3 is 29.2 Å². The number of rotatable bonds is 7. The Hall–Kier alpha value is -2.12. The molecule has 2 N–H and O–H groups in total. The first kappa shape index (κ1) is 38.6. The van der Waals surface area contributed by atoms with Crippen molar-refractivity contribution in [2.24, 2.45) is 22.7 Å².